The SMILES string of the molecule is CCN1CCc2cc(OC)c(OC)cc2[C@H]1[C@@H](C)NC(=O)c1cccc(Cl)c1. The highest BCUT2D eigenvalue weighted by molar-refractivity contribution is 6.30. The van der Waals surface area contributed by atoms with Gasteiger partial charge in [0.1, 0.15) is 0 Å². The zero-order valence-corrected chi connectivity index (χ0v) is 17.5. The molecule has 0 saturated heterocycles. The van der Waals surface area contributed by atoms with Gasteiger partial charge in [0.25, 0.3) is 5.91 Å². The minimum atomic E-state index is -0.126. The Kier molecular flexibility index (Phi) is 6.47. The van der Waals surface area contributed by atoms with Crippen molar-refractivity contribution in [2.45, 2.75) is 32.4 Å². The first-order valence-corrected chi connectivity index (χ1v) is 9.91. The van der Waals surface area contributed by atoms with Crippen LogP contribution in [0.1, 0.15) is 41.4 Å². The van der Waals surface area contributed by atoms with Crippen LogP contribution in [0.4, 0.5) is 0 Å². The van der Waals surface area contributed by atoms with Crippen LogP contribution in [0, 0.1) is 0 Å². The summed E-state index contributed by atoms with van der Waals surface area (Å²) >= 11 is 6.03. The third kappa shape index (κ3) is 4.10. The lowest BCUT2D eigenvalue weighted by molar-refractivity contribution is 0.0889. The van der Waals surface area contributed by atoms with Crippen LogP contribution in [0.25, 0.3) is 0 Å². The Hall–Kier alpha value is -2.24. The number of carbonyl (C=O) groups is 1. The van der Waals surface area contributed by atoms with Gasteiger partial charge in [-0.3, -0.25) is 9.69 Å². The molecule has 0 aromatic heterocycles. The fraction of sp³-hybridized carbons (Fsp3) is 0.409. The fourth-order valence-electron chi connectivity index (χ4n) is 3.97. The highest BCUT2D eigenvalue weighted by Gasteiger charge is 2.33. The first kappa shape index (κ1) is 20.5. The number of amides is 1. The molecule has 1 aliphatic rings. The maximum atomic E-state index is 12.7. The predicted octanol–water partition coefficient (Wildman–Crippen LogP) is 4.09. The van der Waals surface area contributed by atoms with Crippen molar-refractivity contribution in [1.29, 1.82) is 0 Å². The number of carbonyl (C=O) groups excluding carboxylic acids is 1. The van der Waals surface area contributed by atoms with Gasteiger partial charge in [0.05, 0.1) is 20.3 Å². The van der Waals surface area contributed by atoms with E-state index < -0.39 is 0 Å². The maximum absolute atomic E-state index is 12.7. The molecule has 1 aliphatic heterocycles. The Bertz CT molecular complexity index is 856. The second kappa shape index (κ2) is 8.84. The number of benzene rings is 2. The topological polar surface area (TPSA) is 50.8 Å². The van der Waals surface area contributed by atoms with Crippen molar-refractivity contribution in [2.24, 2.45) is 0 Å². The molecule has 0 fully saturated rings. The largest absolute Gasteiger partial charge is 0.493 e. The van der Waals surface area contributed by atoms with Crippen LogP contribution in [-0.4, -0.2) is 44.2 Å². The Labute approximate surface area is 171 Å². The van der Waals surface area contributed by atoms with Crippen LogP contribution in [-0.2, 0) is 6.42 Å². The van der Waals surface area contributed by atoms with Gasteiger partial charge in [-0.25, -0.2) is 0 Å². The van der Waals surface area contributed by atoms with Gasteiger partial charge in [0.2, 0.25) is 0 Å². The first-order valence-electron chi connectivity index (χ1n) is 9.53. The normalized spacial score (nSPS) is 17.5. The summed E-state index contributed by atoms with van der Waals surface area (Å²) in [5, 5.41) is 3.70. The van der Waals surface area contributed by atoms with E-state index in [1.165, 1.54) is 11.1 Å². The highest BCUT2D eigenvalue weighted by atomic mass is 35.5. The number of nitrogens with zero attached hydrogens (tertiary/aromatic N) is 1. The van der Waals surface area contributed by atoms with Gasteiger partial charge in [-0.05, 0) is 61.3 Å². The number of hydrogen-bond donors (Lipinski definition) is 1. The van der Waals surface area contributed by atoms with Crippen molar-refractivity contribution >= 4 is 17.5 Å². The van der Waals surface area contributed by atoms with Crippen molar-refractivity contribution in [3.05, 3.63) is 58.1 Å². The number of halogens is 1. The van der Waals surface area contributed by atoms with E-state index >= 15 is 0 Å². The molecule has 0 bridgehead atoms. The summed E-state index contributed by atoms with van der Waals surface area (Å²) in [7, 11) is 3.29. The lowest BCUT2D eigenvalue weighted by Gasteiger charge is -2.40. The molecule has 0 aliphatic carbocycles. The summed E-state index contributed by atoms with van der Waals surface area (Å²) in [6, 6.07) is 11.1. The van der Waals surface area contributed by atoms with Gasteiger partial charge in [-0.15, -0.1) is 0 Å². The summed E-state index contributed by atoms with van der Waals surface area (Å²) in [5.74, 6) is 1.32. The summed E-state index contributed by atoms with van der Waals surface area (Å²) in [5.41, 5.74) is 2.96. The van der Waals surface area contributed by atoms with Crippen molar-refractivity contribution in [3.8, 4) is 11.5 Å². The van der Waals surface area contributed by atoms with Crippen LogP contribution >= 0.6 is 11.6 Å². The smallest absolute Gasteiger partial charge is 0.251 e. The Morgan fingerprint density at radius 3 is 2.61 bits per heavy atom. The number of fused-ring (bicyclic) bond motifs is 1. The molecule has 150 valence electrons. The number of likely N-dealkylation sites (N-methyl/N-ethyl adjacent to an activating group) is 1. The van der Waals surface area contributed by atoms with Crippen LogP contribution in [0.15, 0.2) is 36.4 Å². The number of hydrogen-bond acceptors (Lipinski definition) is 4. The van der Waals surface area contributed by atoms with Gasteiger partial charge in [0, 0.05) is 23.2 Å². The molecular weight excluding hydrogens is 376 g/mol. The Balaban J connectivity index is 1.91. The number of ether oxygens (including phenoxy) is 2. The van der Waals surface area contributed by atoms with Gasteiger partial charge in [-0.1, -0.05) is 24.6 Å². The van der Waals surface area contributed by atoms with Gasteiger partial charge >= 0.3 is 0 Å². The lowest BCUT2D eigenvalue weighted by Crippen LogP contribution is -2.47. The van der Waals surface area contributed by atoms with Crippen molar-refractivity contribution in [1.82, 2.24) is 10.2 Å². The average molecular weight is 403 g/mol. The minimum absolute atomic E-state index is 0.0525. The Morgan fingerprint density at radius 1 is 1.25 bits per heavy atom. The quantitative estimate of drug-likeness (QED) is 0.790. The van der Waals surface area contributed by atoms with Crippen molar-refractivity contribution in [2.75, 3.05) is 27.3 Å². The molecule has 5 nitrogen and oxygen atoms in total. The number of nitrogens with one attached hydrogen (secondary N) is 1. The maximum Gasteiger partial charge on any atom is 0.251 e. The van der Waals surface area contributed by atoms with E-state index in [1.807, 2.05) is 13.0 Å². The van der Waals surface area contributed by atoms with E-state index in [-0.39, 0.29) is 18.0 Å². The molecule has 0 spiro atoms. The van der Waals surface area contributed by atoms with Crippen LogP contribution in [0.5, 0.6) is 11.5 Å². The summed E-state index contributed by atoms with van der Waals surface area (Å²) in [6.45, 7) is 6.02. The first-order chi connectivity index (χ1) is 13.5. The fourth-order valence-corrected chi connectivity index (χ4v) is 4.16. The van der Waals surface area contributed by atoms with E-state index in [0.717, 1.165) is 25.3 Å². The molecule has 0 saturated carbocycles. The molecule has 6 heteroatoms. The molecular formula is C22H27ClN2O3. The minimum Gasteiger partial charge on any atom is -0.493 e. The molecule has 1 amide bonds. The Morgan fingerprint density at radius 2 is 1.96 bits per heavy atom. The van der Waals surface area contributed by atoms with Crippen molar-refractivity contribution < 1.29 is 14.3 Å². The molecule has 2 atom stereocenters. The molecule has 0 radical (unpaired) electrons. The lowest BCUT2D eigenvalue weighted by atomic mass is 9.88. The third-order valence-electron chi connectivity index (χ3n) is 5.35. The third-order valence-corrected chi connectivity index (χ3v) is 5.59. The molecule has 2 aromatic rings. The van der Waals surface area contributed by atoms with E-state index in [1.54, 1.807) is 38.5 Å². The second-order valence-electron chi connectivity index (χ2n) is 7.00. The number of rotatable bonds is 6. The van der Waals surface area contributed by atoms with Gasteiger partial charge < -0.3 is 14.8 Å². The molecule has 28 heavy (non-hydrogen) atoms. The van der Waals surface area contributed by atoms with Crippen LogP contribution < -0.4 is 14.8 Å². The molecule has 2 aromatic carbocycles. The molecule has 0 unspecified atom stereocenters. The zero-order chi connectivity index (χ0) is 20.3. The summed E-state index contributed by atoms with van der Waals surface area (Å²) < 4.78 is 11.0. The monoisotopic (exact) mass is 402 g/mol. The van der Waals surface area contributed by atoms with Crippen molar-refractivity contribution in [3.63, 3.8) is 0 Å². The molecule has 1 N–H and O–H groups in total. The van der Waals surface area contributed by atoms with E-state index in [9.17, 15) is 4.79 Å². The molecule has 3 rings (SSSR count). The average Bonchev–Trinajstić information content (AvgIpc) is 2.71. The van der Waals surface area contributed by atoms with Gasteiger partial charge in [0.15, 0.2) is 11.5 Å². The van der Waals surface area contributed by atoms with Crippen LogP contribution in [0.2, 0.25) is 5.02 Å². The molecule has 1 heterocycles. The zero-order valence-electron chi connectivity index (χ0n) is 16.8. The van der Waals surface area contributed by atoms with E-state index in [0.29, 0.717) is 16.3 Å². The highest BCUT2D eigenvalue weighted by Crippen LogP contribution is 2.39. The van der Waals surface area contributed by atoms with Gasteiger partial charge in [-0.2, -0.15) is 0 Å². The van der Waals surface area contributed by atoms with E-state index in [4.69, 9.17) is 21.1 Å². The predicted molar refractivity (Wildman–Crippen MR) is 112 cm³/mol. The summed E-state index contributed by atoms with van der Waals surface area (Å²) in [6.07, 6.45) is 0.939. The van der Waals surface area contributed by atoms with E-state index in [2.05, 4.69) is 23.2 Å². The van der Waals surface area contributed by atoms with Crippen LogP contribution in [0.3, 0.4) is 0 Å². The number of methoxy groups -OCH3 is 2. The second-order valence-corrected chi connectivity index (χ2v) is 7.44. The standard InChI is InChI=1S/C22H27ClN2O3/c1-5-25-10-9-15-12-19(27-3)20(28-4)13-18(15)21(25)14(2)24-22(26)16-7-6-8-17(23)11-16/h6-8,11-14,21H,5,9-10H2,1-4H3,(H,24,26)/t14-,21-/m1/s1. The summed E-state index contributed by atoms with van der Waals surface area (Å²) in [4.78, 5) is 15.1.